The van der Waals surface area contributed by atoms with Crippen molar-refractivity contribution < 1.29 is 19.5 Å². The van der Waals surface area contributed by atoms with E-state index in [4.69, 9.17) is 102 Å². The monoisotopic (exact) mass is 1520 g/mol. The lowest BCUT2D eigenvalue weighted by Crippen LogP contribution is -2.30. The smallest absolute Gasteiger partial charge is 0.467 e. The average molecular weight is 1520 g/mol. The molecule has 14 rings (SSSR count). The summed E-state index contributed by atoms with van der Waals surface area (Å²) >= 11 is 18.0. The normalized spacial score (nSPS) is 11.3. The fourth-order valence-electron chi connectivity index (χ4n) is 10.5. The van der Waals surface area contributed by atoms with Crippen LogP contribution in [-0.2, 0) is 0 Å². The topological polar surface area (TPSA) is 434 Å². The minimum Gasteiger partial charge on any atom is -0.467 e. The van der Waals surface area contributed by atoms with Crippen LogP contribution in [0.5, 0.6) is 12.0 Å². The summed E-state index contributed by atoms with van der Waals surface area (Å²) < 4.78 is 14.3. The van der Waals surface area contributed by atoms with Crippen molar-refractivity contribution in [2.24, 2.45) is 5.73 Å². The second-order valence-corrected chi connectivity index (χ2v) is 24.0. The van der Waals surface area contributed by atoms with Crippen molar-refractivity contribution in [1.29, 1.82) is 0 Å². The average Bonchev–Trinajstić information content (AvgIpc) is 0.763. The second-order valence-electron chi connectivity index (χ2n) is 22.8. The standard InChI is InChI=1S/C26H21N9O2.C21H16ClN7O.C16H14ClN3O.C5H7BN2O3.C5H3ClN4/c1-15(32-22-20(28-2)14-29-25(27)34-22)23-33-19-11-7-10-18(16-12-30-26(37-3)31-13-16)21(19)24(36)35(23)17-8-5-4-6-9-17;1-12(26-18-16(24-2)11-25-21(23)28-18)19-27-15-10-6-9-14(22)17(15)20(30)29(19)13-7-4-3-5-8-13;1-10(18)15-19-13-9-5-8-12(17)14(13)16(21)20(15)11-6-3-2-4-7-11;1-11-5-7-2-4(3-8-5)6(9)10;1-8-3-2-9-5(7)10-4(3)6/h4-15H,1,3H3,(H3,27,29,32,34);3-12H,1H3,(H3,23,25,26,28);2-10H,18H2,1H3;2-3,9-10H,1H3;2H,(H2,7,9,10)/t15-;12-;10-;;/m000../s1. The number of para-hydroxylation sites is 3. The molecular formula is C73H61BCl3N25O7. The van der Waals surface area contributed by atoms with Crippen molar-refractivity contribution in [2.45, 2.75) is 38.9 Å². The molecule has 0 aliphatic heterocycles. The Hall–Kier alpha value is -14.0. The van der Waals surface area contributed by atoms with Gasteiger partial charge in [-0.05, 0) is 93.1 Å². The third kappa shape index (κ3) is 18.2. The van der Waals surface area contributed by atoms with Gasteiger partial charge in [0.15, 0.2) is 0 Å². The quantitative estimate of drug-likeness (QED) is 0.0285. The number of benzene rings is 6. The molecule has 109 heavy (non-hydrogen) atoms. The van der Waals surface area contributed by atoms with Crippen LogP contribution in [0, 0.1) is 19.7 Å². The van der Waals surface area contributed by atoms with Crippen LogP contribution >= 0.6 is 34.8 Å². The molecule has 0 unspecified atom stereocenters. The summed E-state index contributed by atoms with van der Waals surface area (Å²) in [4.78, 5) is 103. The number of aromatic nitrogens is 16. The Balaban J connectivity index is 0.000000157. The maximum atomic E-state index is 14.1. The van der Waals surface area contributed by atoms with E-state index in [0.29, 0.717) is 82.7 Å². The summed E-state index contributed by atoms with van der Waals surface area (Å²) in [6.45, 7) is 26.8. The lowest BCUT2D eigenvalue weighted by molar-refractivity contribution is 0.379. The lowest BCUT2D eigenvalue weighted by Gasteiger charge is -2.21. The van der Waals surface area contributed by atoms with E-state index in [0.717, 1.165) is 5.69 Å². The van der Waals surface area contributed by atoms with E-state index in [1.807, 2.05) is 117 Å². The number of hydrogen-bond acceptors (Lipinski definition) is 26. The van der Waals surface area contributed by atoms with Crippen molar-refractivity contribution in [3.63, 3.8) is 0 Å². The number of nitrogens with one attached hydrogen (secondary N) is 2. The summed E-state index contributed by atoms with van der Waals surface area (Å²) in [5, 5.41) is 25.6. The van der Waals surface area contributed by atoms with Gasteiger partial charge >= 0.3 is 19.1 Å². The Morgan fingerprint density at radius 1 is 0.450 bits per heavy atom. The van der Waals surface area contributed by atoms with Gasteiger partial charge < -0.3 is 53.1 Å². The molecule has 36 heteroatoms. The highest BCUT2D eigenvalue weighted by Gasteiger charge is 2.25. The van der Waals surface area contributed by atoms with Crippen molar-refractivity contribution in [2.75, 3.05) is 42.1 Å². The molecule has 0 amide bonds. The van der Waals surface area contributed by atoms with Gasteiger partial charge in [0.25, 0.3) is 16.7 Å². The molecule has 14 aromatic rings. The first-order valence-corrected chi connectivity index (χ1v) is 33.4. The highest BCUT2D eigenvalue weighted by Crippen LogP contribution is 2.33. The van der Waals surface area contributed by atoms with Gasteiger partial charge in [0.1, 0.15) is 34.3 Å². The number of methoxy groups -OCH3 is 2. The maximum Gasteiger partial charge on any atom is 0.491 e. The number of halogens is 3. The minimum absolute atomic E-state index is 0.0281. The largest absolute Gasteiger partial charge is 0.491 e. The number of ether oxygens (including phenoxy) is 2. The Morgan fingerprint density at radius 3 is 1.19 bits per heavy atom. The Kier molecular flexibility index (Phi) is 25.4. The molecule has 0 fully saturated rings. The zero-order valence-electron chi connectivity index (χ0n) is 58.1. The van der Waals surface area contributed by atoms with Crippen LogP contribution < -0.4 is 65.2 Å². The van der Waals surface area contributed by atoms with Gasteiger partial charge in [-0.25, -0.2) is 79.3 Å². The van der Waals surface area contributed by atoms with E-state index in [1.165, 1.54) is 54.3 Å². The number of rotatable bonds is 14. The van der Waals surface area contributed by atoms with Crippen LogP contribution in [0.4, 0.5) is 46.5 Å². The Morgan fingerprint density at radius 2 is 0.807 bits per heavy atom. The zero-order chi connectivity index (χ0) is 78.0. The lowest BCUT2D eigenvalue weighted by atomic mass is 9.83. The highest BCUT2D eigenvalue weighted by atomic mass is 35.5. The SMILES string of the molecule is COc1ncc(B(O)O)cn1.C[C@H](N)c1nc2cccc(Cl)c2c(=O)n1-c1ccccc1.[C-]#[N+]c1cnc(N)nc1Cl.[C-]#[N+]c1cnc(N)nc1N[C@@H](C)c1nc2cccc(-c3cnc(OC)nc3)c2c(=O)n1-c1ccccc1.[C-]#[N+]c1cnc(N)nc1N[C@@H](C)c1nc2cccc(Cl)c2c(=O)n1-c1ccccc1. The molecule has 0 aliphatic carbocycles. The van der Waals surface area contributed by atoms with Gasteiger partial charge in [-0.2, -0.15) is 0 Å². The van der Waals surface area contributed by atoms with Crippen LogP contribution in [0.3, 0.4) is 0 Å². The maximum absolute atomic E-state index is 14.1. The Bertz CT molecular complexity index is 5940. The molecule has 0 saturated heterocycles. The van der Waals surface area contributed by atoms with Gasteiger partial charge in [-0.15, -0.1) is 0 Å². The van der Waals surface area contributed by atoms with Crippen molar-refractivity contribution in [1.82, 2.24) is 78.5 Å². The van der Waals surface area contributed by atoms with Crippen LogP contribution in [0.15, 0.2) is 203 Å². The number of anilines is 5. The zero-order valence-corrected chi connectivity index (χ0v) is 60.4. The molecule has 0 radical (unpaired) electrons. The molecule has 0 bridgehead atoms. The third-order valence-corrected chi connectivity index (χ3v) is 16.4. The number of nitrogens with two attached hydrogens (primary N) is 4. The van der Waals surface area contributed by atoms with E-state index < -0.39 is 19.2 Å². The van der Waals surface area contributed by atoms with Gasteiger partial charge in [-0.3, -0.25) is 28.1 Å². The first-order chi connectivity index (χ1) is 52.6. The van der Waals surface area contributed by atoms with Crippen LogP contribution in [0.1, 0.15) is 56.4 Å². The van der Waals surface area contributed by atoms with Crippen molar-refractivity contribution >= 4 is 127 Å². The van der Waals surface area contributed by atoms with Crippen LogP contribution in [-0.4, -0.2) is 110 Å². The predicted molar refractivity (Wildman–Crippen MR) is 418 cm³/mol. The molecule has 8 heterocycles. The fraction of sp³-hybridized carbons (Fsp3) is 0.110. The predicted octanol–water partition coefficient (Wildman–Crippen LogP) is 10.6. The number of nitrogen functional groups attached to an aromatic ring is 3. The Labute approximate surface area is 635 Å². The number of hydrogen-bond donors (Lipinski definition) is 8. The van der Waals surface area contributed by atoms with E-state index in [-0.39, 0.29) is 91.9 Å². The van der Waals surface area contributed by atoms with E-state index in [2.05, 4.69) is 84.7 Å². The van der Waals surface area contributed by atoms with Gasteiger partial charge in [-0.1, -0.05) is 114 Å². The van der Waals surface area contributed by atoms with E-state index >= 15 is 0 Å². The van der Waals surface area contributed by atoms with Crippen LogP contribution in [0.25, 0.3) is 75.4 Å². The summed E-state index contributed by atoms with van der Waals surface area (Å²) in [6, 6.07) is 42.6. The molecule has 8 aromatic heterocycles. The summed E-state index contributed by atoms with van der Waals surface area (Å²) in [7, 11) is 1.40. The molecule has 6 aromatic carbocycles. The molecule has 12 N–H and O–H groups in total. The molecule has 0 saturated carbocycles. The highest BCUT2D eigenvalue weighted by molar-refractivity contribution is 6.58. The van der Waals surface area contributed by atoms with E-state index in [1.54, 1.807) is 66.3 Å². The summed E-state index contributed by atoms with van der Waals surface area (Å²) in [5.74, 6) is 2.06. The first-order valence-electron chi connectivity index (χ1n) is 32.2. The molecule has 32 nitrogen and oxygen atoms in total. The number of nitrogens with zero attached hydrogens (tertiary/aromatic N) is 19. The van der Waals surface area contributed by atoms with Gasteiger partial charge in [0.05, 0.1) is 112 Å². The molecule has 0 aliphatic rings. The van der Waals surface area contributed by atoms with Crippen molar-refractivity contribution in [3.8, 4) is 40.2 Å². The molecule has 3 atom stereocenters. The van der Waals surface area contributed by atoms with E-state index in [9.17, 15) is 14.4 Å². The summed E-state index contributed by atoms with van der Waals surface area (Å²) in [6.07, 6.45) is 9.78. The first kappa shape index (κ1) is 77.6. The van der Waals surface area contributed by atoms with Gasteiger partial charge in [0.2, 0.25) is 34.9 Å². The molecule has 544 valence electrons. The fourth-order valence-corrected chi connectivity index (χ4v) is 11.2. The summed E-state index contributed by atoms with van der Waals surface area (Å²) in [5.41, 5.74) is 27.6. The third-order valence-electron chi connectivity index (χ3n) is 15.5. The van der Waals surface area contributed by atoms with Gasteiger partial charge in [0, 0.05) is 54.4 Å². The molecular weight excluding hydrogens is 1460 g/mol. The van der Waals surface area contributed by atoms with Crippen LogP contribution in [0.2, 0.25) is 15.2 Å². The minimum atomic E-state index is -1.53. The van der Waals surface area contributed by atoms with Crippen molar-refractivity contribution in [3.05, 3.63) is 287 Å². The molecule has 0 spiro atoms. The second kappa shape index (κ2) is 35.7. The number of fused-ring (bicyclic) bond motifs is 3.